The van der Waals surface area contributed by atoms with E-state index in [2.05, 4.69) is 31.1 Å². The molecule has 0 spiro atoms. The summed E-state index contributed by atoms with van der Waals surface area (Å²) < 4.78 is 5.31. The van der Waals surface area contributed by atoms with Crippen LogP contribution in [0.2, 0.25) is 0 Å². The van der Waals surface area contributed by atoms with Gasteiger partial charge in [0.1, 0.15) is 11.6 Å². The lowest BCUT2D eigenvalue weighted by Gasteiger charge is -2.25. The van der Waals surface area contributed by atoms with Crippen molar-refractivity contribution in [1.82, 2.24) is 10.2 Å². The molecule has 18 heavy (non-hydrogen) atoms. The average Bonchev–Trinajstić information content (AvgIpc) is 2.25. The summed E-state index contributed by atoms with van der Waals surface area (Å²) in [7, 11) is 2.11. The molecule has 4 nitrogen and oxygen atoms in total. The highest BCUT2D eigenvalue weighted by atomic mass is 16.6. The SMILES string of the molecule is CCC(C)N(C)CCNC(C)C(=O)OC(C)(C)C. The van der Waals surface area contributed by atoms with Crippen molar-refractivity contribution in [3.05, 3.63) is 0 Å². The molecule has 0 radical (unpaired) electrons. The van der Waals surface area contributed by atoms with Gasteiger partial charge in [0.25, 0.3) is 0 Å². The second kappa shape index (κ2) is 7.74. The molecule has 0 aromatic rings. The maximum Gasteiger partial charge on any atom is 0.323 e. The standard InChI is InChI=1S/C14H30N2O2/c1-8-11(2)16(7)10-9-15-12(3)13(17)18-14(4,5)6/h11-12,15H,8-10H2,1-7H3. The molecular weight excluding hydrogens is 228 g/mol. The van der Waals surface area contributed by atoms with Crippen LogP contribution in [0.5, 0.6) is 0 Å². The quantitative estimate of drug-likeness (QED) is 0.710. The summed E-state index contributed by atoms with van der Waals surface area (Å²) in [6.07, 6.45) is 1.14. The number of rotatable bonds is 7. The first kappa shape index (κ1) is 17.4. The van der Waals surface area contributed by atoms with Gasteiger partial charge in [-0.15, -0.1) is 0 Å². The average molecular weight is 258 g/mol. The minimum Gasteiger partial charge on any atom is -0.459 e. The van der Waals surface area contributed by atoms with Crippen LogP contribution in [0.3, 0.4) is 0 Å². The van der Waals surface area contributed by atoms with Crippen LogP contribution < -0.4 is 5.32 Å². The van der Waals surface area contributed by atoms with Crippen molar-refractivity contribution < 1.29 is 9.53 Å². The molecule has 0 aromatic heterocycles. The van der Waals surface area contributed by atoms with Gasteiger partial charge in [0.15, 0.2) is 0 Å². The number of hydrogen-bond acceptors (Lipinski definition) is 4. The van der Waals surface area contributed by atoms with Gasteiger partial charge in [-0.1, -0.05) is 6.92 Å². The first-order chi connectivity index (χ1) is 8.17. The van der Waals surface area contributed by atoms with Crippen molar-refractivity contribution in [1.29, 1.82) is 0 Å². The van der Waals surface area contributed by atoms with E-state index in [9.17, 15) is 4.79 Å². The molecule has 0 aromatic carbocycles. The zero-order chi connectivity index (χ0) is 14.3. The molecule has 0 aliphatic heterocycles. The third-order valence-electron chi connectivity index (χ3n) is 3.02. The second-order valence-electron chi connectivity index (χ2n) is 5.95. The summed E-state index contributed by atoms with van der Waals surface area (Å²) in [5.41, 5.74) is -0.416. The van der Waals surface area contributed by atoms with Crippen LogP contribution in [0.1, 0.15) is 48.0 Å². The van der Waals surface area contributed by atoms with Gasteiger partial charge in [0.05, 0.1) is 0 Å². The highest BCUT2D eigenvalue weighted by Gasteiger charge is 2.21. The molecule has 0 heterocycles. The highest BCUT2D eigenvalue weighted by Crippen LogP contribution is 2.08. The summed E-state index contributed by atoms with van der Waals surface area (Å²) in [6.45, 7) is 13.6. The Morgan fingerprint density at radius 1 is 1.33 bits per heavy atom. The highest BCUT2D eigenvalue weighted by molar-refractivity contribution is 5.75. The van der Waals surface area contributed by atoms with Crippen molar-refractivity contribution in [3.8, 4) is 0 Å². The van der Waals surface area contributed by atoms with Gasteiger partial charge in [-0.05, 0) is 48.1 Å². The minimum atomic E-state index is -0.416. The molecule has 2 unspecified atom stereocenters. The van der Waals surface area contributed by atoms with Crippen LogP contribution >= 0.6 is 0 Å². The minimum absolute atomic E-state index is 0.186. The number of carbonyl (C=O) groups excluding carboxylic acids is 1. The van der Waals surface area contributed by atoms with E-state index in [4.69, 9.17) is 4.74 Å². The summed E-state index contributed by atoms with van der Waals surface area (Å²) in [6, 6.07) is 0.318. The molecule has 0 amide bonds. The lowest BCUT2D eigenvalue weighted by atomic mass is 10.2. The van der Waals surface area contributed by atoms with Crippen molar-refractivity contribution in [2.75, 3.05) is 20.1 Å². The van der Waals surface area contributed by atoms with E-state index in [-0.39, 0.29) is 12.0 Å². The topological polar surface area (TPSA) is 41.6 Å². The van der Waals surface area contributed by atoms with Gasteiger partial charge in [0, 0.05) is 19.1 Å². The summed E-state index contributed by atoms with van der Waals surface area (Å²) in [4.78, 5) is 14.0. The lowest BCUT2D eigenvalue weighted by Crippen LogP contribution is -2.43. The Bertz CT molecular complexity index is 249. The van der Waals surface area contributed by atoms with Crippen LogP contribution in [0, 0.1) is 0 Å². The number of ether oxygens (including phenoxy) is 1. The van der Waals surface area contributed by atoms with Crippen molar-refractivity contribution in [3.63, 3.8) is 0 Å². The number of nitrogens with zero attached hydrogens (tertiary/aromatic N) is 1. The molecule has 4 heteroatoms. The van der Waals surface area contributed by atoms with E-state index in [1.165, 1.54) is 0 Å². The van der Waals surface area contributed by atoms with Crippen molar-refractivity contribution in [2.24, 2.45) is 0 Å². The van der Waals surface area contributed by atoms with E-state index in [0.29, 0.717) is 6.04 Å². The molecule has 0 saturated carbocycles. The molecule has 0 aliphatic rings. The van der Waals surface area contributed by atoms with E-state index < -0.39 is 5.60 Å². The fraction of sp³-hybridized carbons (Fsp3) is 0.929. The third-order valence-corrected chi connectivity index (χ3v) is 3.02. The van der Waals surface area contributed by atoms with E-state index in [0.717, 1.165) is 19.5 Å². The Morgan fingerprint density at radius 3 is 2.33 bits per heavy atom. The number of esters is 1. The van der Waals surface area contributed by atoms with E-state index in [1.807, 2.05) is 27.7 Å². The molecule has 0 fully saturated rings. The van der Waals surface area contributed by atoms with Crippen LogP contribution in [0.15, 0.2) is 0 Å². The molecular formula is C14H30N2O2. The van der Waals surface area contributed by atoms with E-state index in [1.54, 1.807) is 0 Å². The van der Waals surface area contributed by atoms with Crippen molar-refractivity contribution in [2.45, 2.75) is 65.6 Å². The predicted octanol–water partition coefficient (Wildman–Crippen LogP) is 2.04. The largest absolute Gasteiger partial charge is 0.459 e. The monoisotopic (exact) mass is 258 g/mol. The summed E-state index contributed by atoms with van der Waals surface area (Å²) in [5, 5.41) is 3.20. The molecule has 108 valence electrons. The molecule has 0 aliphatic carbocycles. The summed E-state index contributed by atoms with van der Waals surface area (Å²) >= 11 is 0. The maximum atomic E-state index is 11.7. The number of likely N-dealkylation sites (N-methyl/N-ethyl adjacent to an activating group) is 1. The van der Waals surface area contributed by atoms with Crippen LogP contribution in [-0.2, 0) is 9.53 Å². The van der Waals surface area contributed by atoms with Crippen LogP contribution in [0.25, 0.3) is 0 Å². The Balaban J connectivity index is 3.90. The Morgan fingerprint density at radius 2 is 1.89 bits per heavy atom. The first-order valence-corrected chi connectivity index (χ1v) is 6.83. The Labute approximate surface area is 112 Å². The number of carbonyl (C=O) groups is 1. The molecule has 0 bridgehead atoms. The van der Waals surface area contributed by atoms with Gasteiger partial charge in [0.2, 0.25) is 0 Å². The third kappa shape index (κ3) is 7.67. The smallest absolute Gasteiger partial charge is 0.323 e. The van der Waals surface area contributed by atoms with Gasteiger partial charge in [-0.25, -0.2) is 0 Å². The molecule has 2 atom stereocenters. The van der Waals surface area contributed by atoms with Crippen LogP contribution in [-0.4, -0.2) is 48.7 Å². The van der Waals surface area contributed by atoms with Gasteiger partial charge < -0.3 is 15.0 Å². The van der Waals surface area contributed by atoms with E-state index >= 15 is 0 Å². The zero-order valence-corrected chi connectivity index (χ0v) is 13.0. The fourth-order valence-corrected chi connectivity index (χ4v) is 1.46. The summed E-state index contributed by atoms with van der Waals surface area (Å²) in [5.74, 6) is -0.186. The number of hydrogen-bond donors (Lipinski definition) is 1. The first-order valence-electron chi connectivity index (χ1n) is 6.83. The molecule has 0 saturated heterocycles. The van der Waals surface area contributed by atoms with Gasteiger partial charge in [-0.3, -0.25) is 4.79 Å². The predicted molar refractivity (Wildman–Crippen MR) is 75.7 cm³/mol. The van der Waals surface area contributed by atoms with Gasteiger partial charge in [-0.2, -0.15) is 0 Å². The van der Waals surface area contributed by atoms with Crippen LogP contribution in [0.4, 0.5) is 0 Å². The molecule has 0 rings (SSSR count). The maximum absolute atomic E-state index is 11.7. The fourth-order valence-electron chi connectivity index (χ4n) is 1.46. The normalized spacial score (nSPS) is 15.6. The number of nitrogens with one attached hydrogen (secondary N) is 1. The Hall–Kier alpha value is -0.610. The second-order valence-corrected chi connectivity index (χ2v) is 5.95. The molecule has 1 N–H and O–H groups in total. The zero-order valence-electron chi connectivity index (χ0n) is 13.0. The van der Waals surface area contributed by atoms with Crippen molar-refractivity contribution >= 4 is 5.97 Å². The Kier molecular flexibility index (Phi) is 7.48. The lowest BCUT2D eigenvalue weighted by molar-refractivity contribution is -0.156. The van der Waals surface area contributed by atoms with Gasteiger partial charge >= 0.3 is 5.97 Å².